The van der Waals surface area contributed by atoms with Crippen molar-refractivity contribution in [1.82, 2.24) is 15.1 Å². The van der Waals surface area contributed by atoms with Crippen molar-refractivity contribution >= 4 is 47.1 Å². The number of likely N-dealkylation sites (tertiary alicyclic amines) is 1. The van der Waals surface area contributed by atoms with Gasteiger partial charge in [-0.05, 0) is 142 Å². The summed E-state index contributed by atoms with van der Waals surface area (Å²) >= 11 is 0. The Hall–Kier alpha value is -7.80. The summed E-state index contributed by atoms with van der Waals surface area (Å²) in [5, 5.41) is 2.15. The number of aryl methyl sites for hydroxylation is 4. The number of esters is 1. The highest BCUT2D eigenvalue weighted by Gasteiger charge is 2.46. The smallest absolute Gasteiger partial charge is 0.329 e. The van der Waals surface area contributed by atoms with E-state index >= 15 is 0 Å². The van der Waals surface area contributed by atoms with Crippen molar-refractivity contribution in [3.63, 3.8) is 0 Å². The summed E-state index contributed by atoms with van der Waals surface area (Å²) in [6.45, 7) is 7.23. The summed E-state index contributed by atoms with van der Waals surface area (Å²) in [5.74, 6) is -2.45. The lowest BCUT2D eigenvalue weighted by molar-refractivity contribution is -0.232. The van der Waals surface area contributed by atoms with Crippen LogP contribution in [0.4, 0.5) is 0 Å². The van der Waals surface area contributed by atoms with Gasteiger partial charge in [-0.1, -0.05) is 49.4 Å². The summed E-state index contributed by atoms with van der Waals surface area (Å²) in [7, 11) is 3.15. The monoisotopic (exact) mass is 1340 g/mol. The predicted molar refractivity (Wildman–Crippen MR) is 339 cm³/mol. The maximum Gasteiger partial charge on any atom is 0.329 e. The first-order chi connectivity index (χ1) is 46.6. The Morgan fingerprint density at radius 3 is 1.78 bits per heavy atom. The van der Waals surface area contributed by atoms with Gasteiger partial charge in [0.25, 0.3) is 11.8 Å². The number of carbonyl (C=O) groups is 8. The van der Waals surface area contributed by atoms with Crippen LogP contribution in [0.5, 0.6) is 23.0 Å². The number of Topliss-reactive ketones (excluding diaryl/α,β-unsaturated/α-hetero) is 2. The maximum absolute atomic E-state index is 14.5. The fourth-order valence-electron chi connectivity index (χ4n) is 11.0. The highest BCUT2D eigenvalue weighted by Crippen LogP contribution is 2.38. The first-order valence-corrected chi connectivity index (χ1v) is 32.0. The van der Waals surface area contributed by atoms with Crippen LogP contribution in [0.2, 0.25) is 0 Å². The molecule has 524 valence electrons. The maximum atomic E-state index is 14.5. The third-order valence-corrected chi connectivity index (χ3v) is 16.0. The number of rotatable bonds is 46. The number of methoxy groups -OCH3 is 2. The average molecular weight is 1340 g/mol. The molecule has 0 bridgehead atoms. The third-order valence-electron chi connectivity index (χ3n) is 16.0. The molecule has 4 aromatic rings. The molecular formula is C69H89N3O24. The van der Waals surface area contributed by atoms with Crippen LogP contribution in [0.25, 0.3) is 0 Å². The number of hydrogen-bond donors (Lipinski definition) is 1. The normalized spacial score (nSPS) is 16.1. The van der Waals surface area contributed by atoms with Crippen molar-refractivity contribution in [2.24, 2.45) is 0 Å². The van der Waals surface area contributed by atoms with Crippen LogP contribution in [0, 0.1) is 20.8 Å². The Morgan fingerprint density at radius 1 is 0.594 bits per heavy atom. The van der Waals surface area contributed by atoms with Crippen molar-refractivity contribution in [1.29, 1.82) is 0 Å². The van der Waals surface area contributed by atoms with Crippen molar-refractivity contribution < 1.29 is 114 Å². The average Bonchev–Trinajstić information content (AvgIpc) is 1.60. The Balaban J connectivity index is 0.664. The van der Waals surface area contributed by atoms with Gasteiger partial charge in [0.1, 0.15) is 56.5 Å². The van der Waals surface area contributed by atoms with Crippen LogP contribution in [0.3, 0.4) is 0 Å². The zero-order chi connectivity index (χ0) is 68.6. The number of imide groups is 2. The highest BCUT2D eigenvalue weighted by atomic mass is 16.8. The van der Waals surface area contributed by atoms with Crippen molar-refractivity contribution in [3.8, 4) is 23.0 Å². The quantitative estimate of drug-likeness (QED) is 0.0191. The van der Waals surface area contributed by atoms with E-state index in [4.69, 9.17) is 75.8 Å². The van der Waals surface area contributed by atoms with E-state index in [2.05, 4.69) is 37.4 Å². The number of ether oxygens (including phenoxy) is 16. The second kappa shape index (κ2) is 40.7. The van der Waals surface area contributed by atoms with Gasteiger partial charge in [-0.3, -0.25) is 43.8 Å². The summed E-state index contributed by atoms with van der Waals surface area (Å²) in [5.41, 5.74) is 5.83. The third kappa shape index (κ3) is 23.2. The second-order valence-electron chi connectivity index (χ2n) is 22.9. The highest BCUT2D eigenvalue weighted by molar-refractivity contribution is 6.24. The van der Waals surface area contributed by atoms with Crippen LogP contribution in [-0.4, -0.2) is 184 Å². The molecule has 5 amide bonds. The van der Waals surface area contributed by atoms with Crippen LogP contribution >= 0.6 is 0 Å². The molecule has 0 aromatic heterocycles. The molecule has 4 atom stereocenters. The standard InChI is InChI=1S/C69H89N3O24/c1-7-55(51-31-48(4)64(82-6)61(33-51)81-5)66(77)71-27-9-8-19-58(71)69(80)96-59(25-23-49-22-21-46(2)47(3)30-49)50-14-10-17-54(32-50)94-34-52(73)15-12-28-83-36-85-38-87-40-89-42-91-44-93-45-92-43-90-41-88-39-86-37-84-29-13-16-53(74)35-95-60-20-11-18-56-63(60)68(79)72(67(56)78)57-24-26-62(75)70-65(57)76/h10-11,14,17-18,20-22,30-33,55,57-59H,7-9,12-13,15-16,19,23-29,34-45H2,1-6H3,(H,70,75,76)/t55-,57?,58?,59?/m0/s1. The number of piperidine rings is 2. The summed E-state index contributed by atoms with van der Waals surface area (Å²) in [6, 6.07) is 19.9. The lowest BCUT2D eigenvalue weighted by Gasteiger charge is -2.37. The molecular weight excluding hydrogens is 1250 g/mol. The molecule has 7 rings (SSSR count). The molecule has 3 heterocycles. The molecule has 1 N–H and O–H groups in total. The molecule has 4 aromatic carbocycles. The van der Waals surface area contributed by atoms with E-state index in [1.807, 2.05) is 38.1 Å². The molecule has 96 heavy (non-hydrogen) atoms. The van der Waals surface area contributed by atoms with E-state index in [0.29, 0.717) is 67.9 Å². The van der Waals surface area contributed by atoms with Gasteiger partial charge in [-0.2, -0.15) is 0 Å². The fraction of sp³-hybridized carbons (Fsp3) is 0.536. The number of ketones is 2. The lowest BCUT2D eigenvalue weighted by atomic mass is 9.91. The van der Waals surface area contributed by atoms with Gasteiger partial charge in [-0.15, -0.1) is 0 Å². The van der Waals surface area contributed by atoms with Crippen molar-refractivity contribution in [3.05, 3.63) is 117 Å². The molecule has 2 saturated heterocycles. The van der Waals surface area contributed by atoms with Gasteiger partial charge in [0.15, 0.2) is 77.4 Å². The Labute approximate surface area is 558 Å². The van der Waals surface area contributed by atoms with Crippen LogP contribution < -0.4 is 24.3 Å². The Morgan fingerprint density at radius 2 is 1.20 bits per heavy atom. The molecule has 3 aliphatic rings. The predicted octanol–water partition coefficient (Wildman–Crippen LogP) is 7.74. The SMILES string of the molecule is CC[C@H](C(=O)N1CCCCC1C(=O)OC(CCc1ccc(C)c(C)c1)c1cccc(OCC(=O)CCCOCOCOCOCOCOCOCOCOCOCOCCCC(=O)COc2cccc3c2C(=O)N(C2CCC(=O)NC2=O)C3=O)c1)c1cc(C)c(OC)c(OC)c1. The van der Waals surface area contributed by atoms with Gasteiger partial charge in [0.2, 0.25) is 17.7 Å². The molecule has 3 aliphatic heterocycles. The number of carbonyl (C=O) groups excluding carboxylic acids is 8. The molecule has 0 spiro atoms. The summed E-state index contributed by atoms with van der Waals surface area (Å²) < 4.78 is 86.8. The minimum absolute atomic E-state index is 0.00696. The zero-order valence-electron chi connectivity index (χ0n) is 55.5. The van der Waals surface area contributed by atoms with E-state index in [0.717, 1.165) is 34.4 Å². The number of benzene rings is 4. The molecule has 2 fully saturated rings. The van der Waals surface area contributed by atoms with Gasteiger partial charge in [0.05, 0.1) is 31.3 Å². The molecule has 27 nitrogen and oxygen atoms in total. The minimum Gasteiger partial charge on any atom is -0.493 e. The molecule has 0 aliphatic carbocycles. The van der Waals surface area contributed by atoms with Crippen molar-refractivity contribution in [2.75, 3.05) is 115 Å². The van der Waals surface area contributed by atoms with Crippen LogP contribution in [0.15, 0.2) is 72.8 Å². The first-order valence-electron chi connectivity index (χ1n) is 32.0. The van der Waals surface area contributed by atoms with Gasteiger partial charge in [0, 0.05) is 39.0 Å². The summed E-state index contributed by atoms with van der Waals surface area (Å²) in [6.07, 6.45) is 4.13. The van der Waals surface area contributed by atoms with E-state index in [1.165, 1.54) is 29.3 Å². The van der Waals surface area contributed by atoms with Gasteiger partial charge >= 0.3 is 5.97 Å². The molecule has 0 radical (unpaired) electrons. The number of fused-ring (bicyclic) bond motifs is 1. The molecule has 0 saturated carbocycles. The first kappa shape index (κ1) is 75.6. The van der Waals surface area contributed by atoms with Crippen LogP contribution in [-0.2, 0) is 92.0 Å². The number of amides is 5. The number of nitrogens with one attached hydrogen (secondary N) is 1. The summed E-state index contributed by atoms with van der Waals surface area (Å²) in [4.78, 5) is 107. The Bertz CT molecular complexity index is 3210. The van der Waals surface area contributed by atoms with Crippen molar-refractivity contribution in [2.45, 2.75) is 129 Å². The Kier molecular flexibility index (Phi) is 32.0. The molecule has 3 unspecified atom stereocenters. The number of nitrogens with zero attached hydrogens (tertiary/aromatic N) is 2. The fourth-order valence-corrected chi connectivity index (χ4v) is 11.0. The topological polar surface area (TPSA) is 303 Å². The van der Waals surface area contributed by atoms with E-state index in [1.54, 1.807) is 31.3 Å². The van der Waals surface area contributed by atoms with E-state index in [9.17, 15) is 38.4 Å². The van der Waals surface area contributed by atoms with E-state index < -0.39 is 53.7 Å². The van der Waals surface area contributed by atoms with Crippen LogP contribution in [0.1, 0.15) is 144 Å². The molecule has 27 heteroatoms. The van der Waals surface area contributed by atoms with Gasteiger partial charge in [-0.25, -0.2) is 4.79 Å². The largest absolute Gasteiger partial charge is 0.493 e. The van der Waals surface area contributed by atoms with Gasteiger partial charge < -0.3 is 80.7 Å². The lowest BCUT2D eigenvalue weighted by Crippen LogP contribution is -2.54. The number of hydrogen-bond acceptors (Lipinski definition) is 24. The van der Waals surface area contributed by atoms with E-state index in [-0.39, 0.29) is 154 Å². The minimum atomic E-state index is -1.12. The second-order valence-corrected chi connectivity index (χ2v) is 22.9. The zero-order valence-corrected chi connectivity index (χ0v) is 55.5.